The van der Waals surface area contributed by atoms with Crippen molar-refractivity contribution in [3.63, 3.8) is 0 Å². The minimum atomic E-state index is -0.493. The molecule has 0 amide bonds. The van der Waals surface area contributed by atoms with Crippen molar-refractivity contribution >= 4 is 17.1 Å². The molecule has 2 aromatic carbocycles. The van der Waals surface area contributed by atoms with E-state index in [-0.39, 0.29) is 23.0 Å². The van der Waals surface area contributed by atoms with E-state index in [1.54, 1.807) is 13.2 Å². The molecule has 1 aliphatic heterocycles. The van der Waals surface area contributed by atoms with Gasteiger partial charge in [-0.3, -0.25) is 15.0 Å². The van der Waals surface area contributed by atoms with E-state index in [1.165, 1.54) is 5.56 Å². The molecule has 138 valence electrons. The number of nitrogen functional groups attached to an aromatic ring is 2. The molecule has 1 saturated heterocycles. The van der Waals surface area contributed by atoms with Gasteiger partial charge in [0.2, 0.25) is 0 Å². The third-order valence-corrected chi connectivity index (χ3v) is 5.06. The second-order valence-corrected chi connectivity index (χ2v) is 6.66. The molecule has 26 heavy (non-hydrogen) atoms. The summed E-state index contributed by atoms with van der Waals surface area (Å²) in [5.41, 5.74) is 14.0. The van der Waals surface area contributed by atoms with Crippen LogP contribution in [0.5, 0.6) is 5.75 Å². The summed E-state index contributed by atoms with van der Waals surface area (Å²) in [6, 6.07) is 11.5. The Kier molecular flexibility index (Phi) is 5.27. The number of nitro groups is 1. The normalized spacial score (nSPS) is 15.7. The molecule has 0 saturated carbocycles. The molecule has 0 aromatic heterocycles. The summed E-state index contributed by atoms with van der Waals surface area (Å²) in [5.74, 6) is 1.08. The standard InChI is InChI=1S/C19H24N4O3/c1-26-15-4-2-13(3-5-15)12-22-10-8-14(9-11-22)16-6-7-17(20)19(18(16)21)23(24)25/h2-7,14H,8-12,20-21H2,1H3. The minimum Gasteiger partial charge on any atom is -0.497 e. The lowest BCUT2D eigenvalue weighted by Crippen LogP contribution is -2.32. The molecule has 7 nitrogen and oxygen atoms in total. The number of nitrogens with zero attached hydrogens (tertiary/aromatic N) is 2. The molecule has 3 rings (SSSR count). The Labute approximate surface area is 152 Å². The molecule has 1 fully saturated rings. The van der Waals surface area contributed by atoms with Crippen LogP contribution in [0.1, 0.15) is 29.9 Å². The smallest absolute Gasteiger partial charge is 0.315 e. The lowest BCUT2D eigenvalue weighted by molar-refractivity contribution is -0.383. The summed E-state index contributed by atoms with van der Waals surface area (Å²) >= 11 is 0. The first kappa shape index (κ1) is 18.0. The maximum absolute atomic E-state index is 11.2. The molecule has 0 spiro atoms. The van der Waals surface area contributed by atoms with Crippen LogP contribution in [-0.2, 0) is 6.54 Å². The largest absolute Gasteiger partial charge is 0.497 e. The highest BCUT2D eigenvalue weighted by molar-refractivity contribution is 5.76. The lowest BCUT2D eigenvalue weighted by Gasteiger charge is -2.32. The van der Waals surface area contributed by atoms with Crippen LogP contribution in [0.25, 0.3) is 0 Å². The van der Waals surface area contributed by atoms with E-state index >= 15 is 0 Å². The van der Waals surface area contributed by atoms with E-state index in [2.05, 4.69) is 17.0 Å². The number of hydrogen-bond donors (Lipinski definition) is 2. The summed E-state index contributed by atoms with van der Waals surface area (Å²) in [5, 5.41) is 11.2. The van der Waals surface area contributed by atoms with Gasteiger partial charge in [0, 0.05) is 6.54 Å². The molecule has 0 aliphatic carbocycles. The van der Waals surface area contributed by atoms with Crippen molar-refractivity contribution in [2.45, 2.75) is 25.3 Å². The lowest BCUT2D eigenvalue weighted by atomic mass is 9.87. The molecular formula is C19H24N4O3. The topological polar surface area (TPSA) is 108 Å². The first-order chi connectivity index (χ1) is 12.5. The van der Waals surface area contributed by atoms with E-state index < -0.39 is 4.92 Å². The van der Waals surface area contributed by atoms with Gasteiger partial charge in [0.05, 0.1) is 12.0 Å². The van der Waals surface area contributed by atoms with Gasteiger partial charge in [-0.2, -0.15) is 0 Å². The average Bonchev–Trinajstić information content (AvgIpc) is 2.63. The summed E-state index contributed by atoms with van der Waals surface area (Å²) in [6.45, 7) is 2.73. The molecule has 2 aromatic rings. The average molecular weight is 356 g/mol. The Hall–Kier alpha value is -2.80. The molecule has 4 N–H and O–H groups in total. The molecular weight excluding hydrogens is 332 g/mol. The number of ether oxygens (including phenoxy) is 1. The fraction of sp³-hybridized carbons (Fsp3) is 0.368. The Bertz CT molecular complexity index is 784. The van der Waals surface area contributed by atoms with Crippen LogP contribution >= 0.6 is 0 Å². The quantitative estimate of drug-likeness (QED) is 0.484. The summed E-state index contributed by atoms with van der Waals surface area (Å²) in [4.78, 5) is 13.1. The predicted molar refractivity (Wildman–Crippen MR) is 102 cm³/mol. The van der Waals surface area contributed by atoms with Gasteiger partial charge in [0.1, 0.15) is 17.1 Å². The van der Waals surface area contributed by atoms with Crippen LogP contribution in [-0.4, -0.2) is 30.0 Å². The van der Waals surface area contributed by atoms with E-state index in [9.17, 15) is 10.1 Å². The molecule has 0 atom stereocenters. The fourth-order valence-corrected chi connectivity index (χ4v) is 3.59. The van der Waals surface area contributed by atoms with Gasteiger partial charge in [-0.1, -0.05) is 18.2 Å². The van der Waals surface area contributed by atoms with E-state index in [0.29, 0.717) is 0 Å². The second kappa shape index (κ2) is 7.61. The van der Waals surface area contributed by atoms with Gasteiger partial charge in [-0.25, -0.2) is 0 Å². The van der Waals surface area contributed by atoms with Crippen molar-refractivity contribution in [3.8, 4) is 5.75 Å². The van der Waals surface area contributed by atoms with Crippen molar-refractivity contribution in [1.82, 2.24) is 4.90 Å². The number of nitrogens with two attached hydrogens (primary N) is 2. The van der Waals surface area contributed by atoms with Crippen LogP contribution in [0.15, 0.2) is 36.4 Å². The maximum atomic E-state index is 11.2. The summed E-state index contributed by atoms with van der Waals surface area (Å²) in [7, 11) is 1.66. The van der Waals surface area contributed by atoms with E-state index in [4.69, 9.17) is 16.2 Å². The molecule has 7 heteroatoms. The summed E-state index contributed by atoms with van der Waals surface area (Å²) < 4.78 is 5.19. The highest BCUT2D eigenvalue weighted by Gasteiger charge is 2.27. The van der Waals surface area contributed by atoms with Gasteiger partial charge >= 0.3 is 5.69 Å². The Morgan fingerprint density at radius 2 is 1.81 bits per heavy atom. The first-order valence-corrected chi connectivity index (χ1v) is 8.67. The molecule has 0 bridgehead atoms. The van der Waals surface area contributed by atoms with Crippen LogP contribution < -0.4 is 16.2 Å². The molecule has 1 heterocycles. The van der Waals surface area contributed by atoms with Gasteiger partial charge in [-0.15, -0.1) is 0 Å². The second-order valence-electron chi connectivity index (χ2n) is 6.66. The number of likely N-dealkylation sites (tertiary alicyclic amines) is 1. The fourth-order valence-electron chi connectivity index (χ4n) is 3.59. The first-order valence-electron chi connectivity index (χ1n) is 8.67. The zero-order chi connectivity index (χ0) is 18.7. The van der Waals surface area contributed by atoms with E-state index in [0.717, 1.165) is 43.8 Å². The number of anilines is 2. The number of methoxy groups -OCH3 is 1. The van der Waals surface area contributed by atoms with Crippen molar-refractivity contribution in [2.24, 2.45) is 0 Å². The van der Waals surface area contributed by atoms with Crippen molar-refractivity contribution in [2.75, 3.05) is 31.7 Å². The highest BCUT2D eigenvalue weighted by Crippen LogP contribution is 2.39. The van der Waals surface area contributed by atoms with Gasteiger partial charge in [-0.05, 0) is 61.2 Å². The number of piperidine rings is 1. The van der Waals surface area contributed by atoms with Crippen LogP contribution in [0.4, 0.5) is 17.1 Å². The van der Waals surface area contributed by atoms with Crippen molar-refractivity contribution in [1.29, 1.82) is 0 Å². The zero-order valence-electron chi connectivity index (χ0n) is 14.9. The molecule has 0 unspecified atom stereocenters. The van der Waals surface area contributed by atoms with Crippen molar-refractivity contribution < 1.29 is 9.66 Å². The zero-order valence-corrected chi connectivity index (χ0v) is 14.9. The SMILES string of the molecule is COc1ccc(CN2CCC(c3ccc(N)c([N+](=O)[O-])c3N)CC2)cc1. The van der Waals surface area contributed by atoms with Crippen LogP contribution in [0.3, 0.4) is 0 Å². The Morgan fingerprint density at radius 1 is 1.15 bits per heavy atom. The van der Waals surface area contributed by atoms with Gasteiger partial charge in [0.15, 0.2) is 0 Å². The third-order valence-electron chi connectivity index (χ3n) is 5.06. The number of benzene rings is 2. The Balaban J connectivity index is 1.65. The number of hydrogen-bond acceptors (Lipinski definition) is 6. The summed E-state index contributed by atoms with van der Waals surface area (Å²) in [6.07, 6.45) is 1.84. The highest BCUT2D eigenvalue weighted by atomic mass is 16.6. The third kappa shape index (κ3) is 3.72. The van der Waals surface area contributed by atoms with Crippen LogP contribution in [0, 0.1) is 10.1 Å². The minimum absolute atomic E-state index is 0.119. The molecule has 0 radical (unpaired) electrons. The predicted octanol–water partition coefficient (Wildman–Crippen LogP) is 3.15. The van der Waals surface area contributed by atoms with Crippen molar-refractivity contribution in [3.05, 3.63) is 57.6 Å². The number of nitro benzene ring substituents is 1. The van der Waals surface area contributed by atoms with E-state index in [1.807, 2.05) is 18.2 Å². The molecule has 1 aliphatic rings. The van der Waals surface area contributed by atoms with Gasteiger partial charge in [0.25, 0.3) is 0 Å². The monoisotopic (exact) mass is 356 g/mol. The number of rotatable bonds is 5. The van der Waals surface area contributed by atoms with Gasteiger partial charge < -0.3 is 16.2 Å². The Morgan fingerprint density at radius 3 is 2.38 bits per heavy atom. The van der Waals surface area contributed by atoms with Crippen LogP contribution in [0.2, 0.25) is 0 Å². The maximum Gasteiger partial charge on any atom is 0.315 e.